The SMILES string of the molecule is CC(C)(C)c1ccc2sc3ccc(-c4cc5c6c(c4)Oc4cc(-c7ccc8sc9ccc(C(C)(C)C)cc9c8c7)cc7c4B6c4c(cccc4O7)O5)cc3c2c1. The summed E-state index contributed by atoms with van der Waals surface area (Å²) < 4.78 is 25.7. The number of benzene rings is 7. The normalized spacial score (nSPS) is 13.9. The lowest BCUT2D eigenvalue weighted by Gasteiger charge is -2.37. The molecule has 0 N–H and O–H groups in total. The molecule has 0 unspecified atom stereocenters. The Balaban J connectivity index is 1.02. The Morgan fingerprint density at radius 3 is 1.14 bits per heavy atom. The number of fused-ring (bicyclic) bond motifs is 6. The number of hydrogen-bond donors (Lipinski definition) is 0. The van der Waals surface area contributed by atoms with Gasteiger partial charge in [-0.25, -0.2) is 0 Å². The van der Waals surface area contributed by atoms with Gasteiger partial charge in [0.05, 0.1) is 0 Å². The highest BCUT2D eigenvalue weighted by molar-refractivity contribution is 7.26. The highest BCUT2D eigenvalue weighted by atomic mass is 32.1. The van der Waals surface area contributed by atoms with Gasteiger partial charge in [0, 0.05) is 56.7 Å². The van der Waals surface area contributed by atoms with Gasteiger partial charge in [-0.2, -0.15) is 0 Å². The first kappa shape index (κ1) is 32.7. The Bertz CT molecular complexity index is 3000. The van der Waals surface area contributed by atoms with E-state index in [1.165, 1.54) is 51.5 Å². The second kappa shape index (κ2) is 11.1. The van der Waals surface area contributed by atoms with Gasteiger partial charge in [-0.3, -0.25) is 0 Å². The van der Waals surface area contributed by atoms with E-state index in [2.05, 4.69) is 151 Å². The Hall–Kier alpha value is -5.56. The van der Waals surface area contributed by atoms with Crippen LogP contribution in [0.25, 0.3) is 62.6 Å². The lowest BCUT2D eigenvalue weighted by Crippen LogP contribution is -2.59. The second-order valence-electron chi connectivity index (χ2n) is 17.7. The van der Waals surface area contributed by atoms with Crippen LogP contribution in [0.4, 0.5) is 0 Å². The first-order valence-corrected chi connectivity index (χ1v) is 21.0. The van der Waals surface area contributed by atoms with Crippen molar-refractivity contribution < 1.29 is 14.2 Å². The zero-order valence-electron chi connectivity index (χ0n) is 32.1. The molecule has 56 heavy (non-hydrogen) atoms. The molecule has 3 aliphatic heterocycles. The van der Waals surface area contributed by atoms with Crippen LogP contribution in [0.5, 0.6) is 34.5 Å². The van der Waals surface area contributed by atoms with Crippen LogP contribution in [0.15, 0.2) is 115 Å². The van der Waals surface area contributed by atoms with Crippen molar-refractivity contribution in [3.05, 3.63) is 126 Å². The van der Waals surface area contributed by atoms with E-state index in [9.17, 15) is 0 Å². The van der Waals surface area contributed by atoms with E-state index in [1.807, 2.05) is 28.7 Å². The molecule has 0 radical (unpaired) electrons. The van der Waals surface area contributed by atoms with Crippen LogP contribution in [-0.2, 0) is 10.8 Å². The fourth-order valence-electron chi connectivity index (χ4n) is 9.06. The molecule has 6 heteroatoms. The molecule has 9 aromatic rings. The van der Waals surface area contributed by atoms with Crippen LogP contribution >= 0.6 is 22.7 Å². The van der Waals surface area contributed by atoms with E-state index >= 15 is 0 Å². The summed E-state index contributed by atoms with van der Waals surface area (Å²) in [6, 6.07) is 42.6. The summed E-state index contributed by atoms with van der Waals surface area (Å²) in [7, 11) is 0. The van der Waals surface area contributed by atoms with Crippen molar-refractivity contribution in [2.75, 3.05) is 0 Å². The van der Waals surface area contributed by atoms with Crippen molar-refractivity contribution in [3.8, 4) is 56.8 Å². The maximum Gasteiger partial charge on any atom is 0.270 e. The van der Waals surface area contributed by atoms with Crippen molar-refractivity contribution in [1.82, 2.24) is 0 Å². The maximum absolute atomic E-state index is 7.01. The Morgan fingerprint density at radius 2 is 0.732 bits per heavy atom. The minimum Gasteiger partial charge on any atom is -0.458 e. The van der Waals surface area contributed by atoms with Crippen LogP contribution in [0.3, 0.4) is 0 Å². The standard InChI is InChI=1S/C50H37BO3S2/c1-49(2,3)30-12-16-44-34(24-30)32-18-26(10-14-42(32)55-44)28-20-38-47-40(22-28)54-41-23-29(21-39-48(41)51(47)46-36(52-38)8-7-9-37(46)53-39)27-11-15-43-33(19-27)35-25-31(50(4,5)6)13-17-45(35)56-43/h7-25H,1-6H3. The molecule has 3 aliphatic rings. The minimum atomic E-state index is -0.0474. The molecule has 0 bridgehead atoms. The monoisotopic (exact) mass is 760 g/mol. The van der Waals surface area contributed by atoms with Crippen LogP contribution in [-0.4, -0.2) is 6.71 Å². The Labute approximate surface area is 334 Å². The lowest BCUT2D eigenvalue weighted by atomic mass is 9.34. The van der Waals surface area contributed by atoms with E-state index in [1.54, 1.807) is 0 Å². The molecule has 0 saturated carbocycles. The molecule has 0 amide bonds. The highest BCUT2D eigenvalue weighted by Gasteiger charge is 2.46. The van der Waals surface area contributed by atoms with Crippen molar-refractivity contribution in [1.29, 1.82) is 0 Å². The number of rotatable bonds is 2. The number of hydrogen-bond acceptors (Lipinski definition) is 5. The second-order valence-corrected chi connectivity index (χ2v) is 19.9. The van der Waals surface area contributed by atoms with Gasteiger partial charge >= 0.3 is 0 Å². The third-order valence-corrected chi connectivity index (χ3v) is 14.4. The predicted octanol–water partition coefficient (Wildman–Crippen LogP) is 13.2. The van der Waals surface area contributed by atoms with Crippen LogP contribution in [0, 0.1) is 0 Å². The third kappa shape index (κ3) is 4.69. The average Bonchev–Trinajstić information content (AvgIpc) is 3.73. The largest absolute Gasteiger partial charge is 0.458 e. The summed E-state index contributed by atoms with van der Waals surface area (Å²) in [6.45, 7) is 13.6. The summed E-state index contributed by atoms with van der Waals surface area (Å²) >= 11 is 3.72. The average molecular weight is 761 g/mol. The predicted molar refractivity (Wildman–Crippen MR) is 238 cm³/mol. The van der Waals surface area contributed by atoms with E-state index in [0.717, 1.165) is 73.1 Å². The molecule has 270 valence electrons. The number of thiophene rings is 2. The van der Waals surface area contributed by atoms with Crippen molar-refractivity contribution in [2.24, 2.45) is 0 Å². The first-order valence-electron chi connectivity index (χ1n) is 19.4. The first-order chi connectivity index (χ1) is 26.9. The summed E-state index contributed by atoms with van der Waals surface area (Å²) in [5.41, 5.74) is 10.5. The maximum atomic E-state index is 7.01. The van der Waals surface area contributed by atoms with Crippen molar-refractivity contribution in [3.63, 3.8) is 0 Å². The van der Waals surface area contributed by atoms with Gasteiger partial charge in [0.1, 0.15) is 34.5 Å². The third-order valence-electron chi connectivity index (χ3n) is 12.1. The molecule has 3 nitrogen and oxygen atoms in total. The molecular weight excluding hydrogens is 723 g/mol. The molecule has 5 heterocycles. The molecule has 0 aliphatic carbocycles. The van der Waals surface area contributed by atoms with Crippen LogP contribution in [0.1, 0.15) is 52.7 Å². The van der Waals surface area contributed by atoms with Gasteiger partial charge in [0.15, 0.2) is 0 Å². The quantitative estimate of drug-likeness (QED) is 0.164. The summed E-state index contributed by atoms with van der Waals surface area (Å²) in [5.74, 6) is 5.02. The molecule has 0 atom stereocenters. The summed E-state index contributed by atoms with van der Waals surface area (Å²) in [4.78, 5) is 0. The fourth-order valence-corrected chi connectivity index (χ4v) is 11.2. The number of ether oxygens (including phenoxy) is 3. The Morgan fingerprint density at radius 1 is 0.375 bits per heavy atom. The van der Waals surface area contributed by atoms with E-state index in [-0.39, 0.29) is 17.5 Å². The topological polar surface area (TPSA) is 27.7 Å². The van der Waals surface area contributed by atoms with Crippen LogP contribution < -0.4 is 30.6 Å². The zero-order valence-corrected chi connectivity index (χ0v) is 33.7. The fraction of sp³-hybridized carbons (Fsp3) is 0.160. The van der Waals surface area contributed by atoms with E-state index in [0.29, 0.717) is 0 Å². The van der Waals surface area contributed by atoms with Gasteiger partial charge in [-0.05, 0) is 129 Å². The van der Waals surface area contributed by atoms with E-state index in [4.69, 9.17) is 14.2 Å². The van der Waals surface area contributed by atoms with Crippen molar-refractivity contribution >= 4 is 86.1 Å². The Kier molecular flexibility index (Phi) is 6.45. The molecule has 0 spiro atoms. The molecule has 0 fully saturated rings. The molecule has 7 aromatic carbocycles. The lowest BCUT2D eigenvalue weighted by molar-refractivity contribution is 0.443. The van der Waals surface area contributed by atoms with Crippen molar-refractivity contribution in [2.45, 2.75) is 52.4 Å². The molecular formula is C50H37BO3S2. The summed E-state index contributed by atoms with van der Waals surface area (Å²) in [6.07, 6.45) is 0. The van der Waals surface area contributed by atoms with Gasteiger partial charge < -0.3 is 14.2 Å². The van der Waals surface area contributed by atoms with Gasteiger partial charge in [0.2, 0.25) is 0 Å². The molecule has 2 aromatic heterocycles. The van der Waals surface area contributed by atoms with E-state index < -0.39 is 0 Å². The van der Waals surface area contributed by atoms with Gasteiger partial charge in [0.25, 0.3) is 6.71 Å². The molecule has 12 rings (SSSR count). The smallest absolute Gasteiger partial charge is 0.270 e. The highest BCUT2D eigenvalue weighted by Crippen LogP contribution is 2.47. The molecule has 0 saturated heterocycles. The zero-order chi connectivity index (χ0) is 37.8. The van der Waals surface area contributed by atoms with Crippen LogP contribution in [0.2, 0.25) is 0 Å². The van der Waals surface area contributed by atoms with Gasteiger partial charge in [-0.15, -0.1) is 22.7 Å². The summed E-state index contributed by atoms with van der Waals surface area (Å²) in [5, 5.41) is 5.19. The minimum absolute atomic E-state index is 0.0474. The van der Waals surface area contributed by atoms with Gasteiger partial charge in [-0.1, -0.05) is 71.9 Å².